The van der Waals surface area contributed by atoms with Crippen molar-refractivity contribution in [1.29, 1.82) is 0 Å². The quantitative estimate of drug-likeness (QED) is 0.414. The highest BCUT2D eigenvalue weighted by molar-refractivity contribution is 5.95. The molecule has 1 N–H and O–H groups in total. The molecule has 0 amide bonds. The molecule has 6 rings (SSSR count). The summed E-state index contributed by atoms with van der Waals surface area (Å²) in [7, 11) is 0. The van der Waals surface area contributed by atoms with Crippen molar-refractivity contribution in [3.8, 4) is 33.5 Å². The predicted molar refractivity (Wildman–Crippen MR) is 121 cm³/mol. The minimum Gasteiger partial charge on any atom is -0.263 e. The standard InChI is InChI=1S/C25H15FN6/c26-22-6-2-1-4-20(22)23-10-21(19-5-3-7-28-25(19)31-23)17-8-15(11-27-12-17)16-9-18-14-30-32-24(18)29-13-16/h1-14H,(H,29,30,32). The minimum atomic E-state index is -0.326. The maximum atomic E-state index is 14.5. The molecule has 1 aromatic carbocycles. The summed E-state index contributed by atoms with van der Waals surface area (Å²) in [6.07, 6.45) is 8.81. The highest BCUT2D eigenvalue weighted by atomic mass is 19.1. The van der Waals surface area contributed by atoms with E-state index in [-0.39, 0.29) is 5.82 Å². The number of halogens is 1. The van der Waals surface area contributed by atoms with Crippen molar-refractivity contribution >= 4 is 22.1 Å². The second kappa shape index (κ2) is 7.31. The Hall–Kier alpha value is -4.52. The van der Waals surface area contributed by atoms with Crippen LogP contribution in [0.15, 0.2) is 85.6 Å². The summed E-state index contributed by atoms with van der Waals surface area (Å²) >= 11 is 0. The zero-order valence-electron chi connectivity index (χ0n) is 16.7. The zero-order valence-corrected chi connectivity index (χ0v) is 16.7. The number of fused-ring (bicyclic) bond motifs is 2. The Balaban J connectivity index is 1.55. The molecule has 0 aliphatic heterocycles. The Labute approximate surface area is 181 Å². The first-order chi connectivity index (χ1) is 15.8. The molecule has 0 bridgehead atoms. The number of aromatic amines is 1. The van der Waals surface area contributed by atoms with Crippen LogP contribution >= 0.6 is 0 Å². The molecule has 6 aromatic rings. The monoisotopic (exact) mass is 418 g/mol. The van der Waals surface area contributed by atoms with E-state index >= 15 is 0 Å². The molecule has 5 heterocycles. The first-order valence-electron chi connectivity index (χ1n) is 10.0. The van der Waals surface area contributed by atoms with Gasteiger partial charge in [-0.3, -0.25) is 10.1 Å². The molecular weight excluding hydrogens is 403 g/mol. The molecule has 32 heavy (non-hydrogen) atoms. The van der Waals surface area contributed by atoms with Crippen LogP contribution in [0, 0.1) is 5.82 Å². The number of H-pyrrole nitrogens is 1. The third kappa shape index (κ3) is 3.07. The van der Waals surface area contributed by atoms with Crippen molar-refractivity contribution in [3.63, 3.8) is 0 Å². The number of rotatable bonds is 3. The minimum absolute atomic E-state index is 0.326. The van der Waals surface area contributed by atoms with Crippen LogP contribution in [0.5, 0.6) is 0 Å². The lowest BCUT2D eigenvalue weighted by atomic mass is 9.98. The summed E-state index contributed by atoms with van der Waals surface area (Å²) in [5.41, 5.74) is 5.85. The fourth-order valence-electron chi connectivity index (χ4n) is 3.84. The lowest BCUT2D eigenvalue weighted by Crippen LogP contribution is -1.94. The summed E-state index contributed by atoms with van der Waals surface area (Å²) in [5, 5.41) is 8.69. The largest absolute Gasteiger partial charge is 0.263 e. The van der Waals surface area contributed by atoms with E-state index in [0.717, 1.165) is 38.7 Å². The highest BCUT2D eigenvalue weighted by Gasteiger charge is 2.14. The Morgan fingerprint density at radius 1 is 0.750 bits per heavy atom. The molecule has 6 nitrogen and oxygen atoms in total. The van der Waals surface area contributed by atoms with Crippen LogP contribution in [0.1, 0.15) is 0 Å². The molecule has 7 heteroatoms. The Bertz CT molecular complexity index is 1610. The SMILES string of the molecule is Fc1ccccc1-c1cc(-c2cncc(-c3cnc4[nH]ncc4c3)c2)c2cccnc2n1. The summed E-state index contributed by atoms with van der Waals surface area (Å²) in [4.78, 5) is 17.9. The van der Waals surface area contributed by atoms with Crippen LogP contribution in [0.25, 0.3) is 55.6 Å². The topological polar surface area (TPSA) is 80.2 Å². The summed E-state index contributed by atoms with van der Waals surface area (Å²) in [6.45, 7) is 0. The van der Waals surface area contributed by atoms with Gasteiger partial charge in [0.15, 0.2) is 11.3 Å². The van der Waals surface area contributed by atoms with Crippen molar-refractivity contribution in [3.05, 3.63) is 91.4 Å². The van der Waals surface area contributed by atoms with Crippen LogP contribution in [-0.4, -0.2) is 30.1 Å². The van der Waals surface area contributed by atoms with Gasteiger partial charge in [-0.1, -0.05) is 12.1 Å². The number of hydrogen-bond donors (Lipinski definition) is 1. The molecule has 0 spiro atoms. The van der Waals surface area contributed by atoms with Gasteiger partial charge >= 0.3 is 0 Å². The first kappa shape index (κ1) is 18.3. The number of nitrogens with one attached hydrogen (secondary N) is 1. The maximum absolute atomic E-state index is 14.5. The Morgan fingerprint density at radius 3 is 2.56 bits per heavy atom. The number of aromatic nitrogens is 6. The normalized spacial score (nSPS) is 11.3. The Kier molecular flexibility index (Phi) is 4.18. The van der Waals surface area contributed by atoms with Gasteiger partial charge in [0.05, 0.1) is 11.9 Å². The second-order valence-corrected chi connectivity index (χ2v) is 7.40. The van der Waals surface area contributed by atoms with E-state index in [1.807, 2.05) is 30.3 Å². The molecular formula is C25H15FN6. The van der Waals surface area contributed by atoms with Gasteiger partial charge in [0.2, 0.25) is 0 Å². The number of nitrogens with zero attached hydrogens (tertiary/aromatic N) is 5. The van der Waals surface area contributed by atoms with Crippen LogP contribution in [-0.2, 0) is 0 Å². The van der Waals surface area contributed by atoms with Crippen molar-refractivity contribution in [2.24, 2.45) is 0 Å². The zero-order chi connectivity index (χ0) is 21.5. The van der Waals surface area contributed by atoms with E-state index in [2.05, 4.69) is 30.1 Å². The van der Waals surface area contributed by atoms with E-state index in [1.165, 1.54) is 6.07 Å². The van der Waals surface area contributed by atoms with Crippen LogP contribution in [0.3, 0.4) is 0 Å². The summed E-state index contributed by atoms with van der Waals surface area (Å²) < 4.78 is 14.5. The van der Waals surface area contributed by atoms with Crippen molar-refractivity contribution in [2.45, 2.75) is 0 Å². The lowest BCUT2D eigenvalue weighted by Gasteiger charge is -2.11. The maximum Gasteiger partial charge on any atom is 0.160 e. The molecule has 152 valence electrons. The first-order valence-corrected chi connectivity index (χ1v) is 10.0. The van der Waals surface area contributed by atoms with Gasteiger partial charge in [-0.05, 0) is 48.0 Å². The average Bonchev–Trinajstić information content (AvgIpc) is 3.32. The van der Waals surface area contributed by atoms with Gasteiger partial charge in [0.25, 0.3) is 0 Å². The van der Waals surface area contributed by atoms with Gasteiger partial charge in [0.1, 0.15) is 5.82 Å². The molecule has 0 saturated carbocycles. The van der Waals surface area contributed by atoms with Gasteiger partial charge in [-0.15, -0.1) is 0 Å². The molecule has 0 radical (unpaired) electrons. The van der Waals surface area contributed by atoms with Crippen LogP contribution < -0.4 is 0 Å². The van der Waals surface area contributed by atoms with E-state index in [4.69, 9.17) is 0 Å². The van der Waals surface area contributed by atoms with Crippen molar-refractivity contribution in [2.75, 3.05) is 0 Å². The third-order valence-corrected chi connectivity index (χ3v) is 5.41. The van der Waals surface area contributed by atoms with Crippen LogP contribution in [0.4, 0.5) is 4.39 Å². The smallest absolute Gasteiger partial charge is 0.160 e. The predicted octanol–water partition coefficient (Wildman–Crippen LogP) is 5.44. The third-order valence-electron chi connectivity index (χ3n) is 5.41. The highest BCUT2D eigenvalue weighted by Crippen LogP contribution is 2.33. The fraction of sp³-hybridized carbons (Fsp3) is 0. The fourth-order valence-corrected chi connectivity index (χ4v) is 3.84. The van der Waals surface area contributed by atoms with Gasteiger partial charge in [0, 0.05) is 57.8 Å². The van der Waals surface area contributed by atoms with Crippen LogP contribution in [0.2, 0.25) is 0 Å². The second-order valence-electron chi connectivity index (χ2n) is 7.40. The molecule has 0 aliphatic carbocycles. The van der Waals surface area contributed by atoms with Gasteiger partial charge in [-0.25, -0.2) is 19.3 Å². The molecule has 0 aliphatic rings. The molecule has 0 atom stereocenters. The molecule has 0 fully saturated rings. The number of pyridine rings is 4. The van der Waals surface area contributed by atoms with Crippen molar-refractivity contribution < 1.29 is 4.39 Å². The van der Waals surface area contributed by atoms with E-state index < -0.39 is 0 Å². The summed E-state index contributed by atoms with van der Waals surface area (Å²) in [6, 6.07) is 16.4. The summed E-state index contributed by atoms with van der Waals surface area (Å²) in [5.74, 6) is -0.326. The van der Waals surface area contributed by atoms with Crippen molar-refractivity contribution in [1.82, 2.24) is 30.1 Å². The molecule has 0 saturated heterocycles. The van der Waals surface area contributed by atoms with Gasteiger partial charge in [-0.2, -0.15) is 5.10 Å². The number of hydrogen-bond acceptors (Lipinski definition) is 5. The number of benzene rings is 1. The molecule has 5 aromatic heterocycles. The lowest BCUT2D eigenvalue weighted by molar-refractivity contribution is 0.631. The molecule has 0 unspecified atom stereocenters. The average molecular weight is 418 g/mol. The van der Waals surface area contributed by atoms with E-state index in [0.29, 0.717) is 16.9 Å². The Morgan fingerprint density at radius 2 is 1.62 bits per heavy atom. The van der Waals surface area contributed by atoms with E-state index in [1.54, 1.807) is 49.2 Å². The van der Waals surface area contributed by atoms with E-state index in [9.17, 15) is 4.39 Å². The van der Waals surface area contributed by atoms with Gasteiger partial charge < -0.3 is 0 Å².